The van der Waals surface area contributed by atoms with Crippen molar-refractivity contribution < 1.29 is 4.92 Å². The number of nitrogens with one attached hydrogen (secondary N) is 2. The molecule has 106 valence electrons. The number of nitro groups is 1. The first-order valence-corrected chi connectivity index (χ1v) is 5.85. The smallest absolute Gasteiger partial charge is 0.276 e. The van der Waals surface area contributed by atoms with Crippen LogP contribution in [0, 0.1) is 17.0 Å². The second-order valence-electron chi connectivity index (χ2n) is 4.23. The lowest BCUT2D eigenvalue weighted by atomic mass is 10.2. The Morgan fingerprint density at radius 2 is 2.15 bits per heavy atom. The Bertz CT molecular complexity index is 638. The highest BCUT2D eigenvalue weighted by atomic mass is 16.6. The zero-order valence-corrected chi connectivity index (χ0v) is 11.1. The number of aromatic nitrogens is 3. The van der Waals surface area contributed by atoms with E-state index in [0.29, 0.717) is 12.4 Å². The third-order valence-electron chi connectivity index (χ3n) is 2.97. The van der Waals surface area contributed by atoms with E-state index in [1.165, 1.54) is 12.1 Å². The molecule has 2 heterocycles. The van der Waals surface area contributed by atoms with Crippen molar-refractivity contribution in [2.75, 3.05) is 10.7 Å². The Morgan fingerprint density at radius 3 is 2.70 bits per heavy atom. The molecule has 0 bridgehead atoms. The first-order valence-electron chi connectivity index (χ1n) is 5.85. The molecule has 0 saturated heterocycles. The van der Waals surface area contributed by atoms with E-state index in [9.17, 15) is 10.1 Å². The maximum Gasteiger partial charge on any atom is 0.276 e. The normalized spacial score (nSPS) is 10.3. The Balaban J connectivity index is 2.18. The number of hydrogen-bond acceptors (Lipinski definition) is 7. The fourth-order valence-corrected chi connectivity index (χ4v) is 1.69. The second-order valence-corrected chi connectivity index (χ2v) is 4.23. The van der Waals surface area contributed by atoms with Gasteiger partial charge in [0.25, 0.3) is 5.69 Å². The van der Waals surface area contributed by atoms with Gasteiger partial charge in [0.15, 0.2) is 0 Å². The highest BCUT2D eigenvalue weighted by Crippen LogP contribution is 2.20. The summed E-state index contributed by atoms with van der Waals surface area (Å²) >= 11 is 0. The highest BCUT2D eigenvalue weighted by molar-refractivity contribution is 5.54. The topological polar surface area (TPSA) is 124 Å². The summed E-state index contributed by atoms with van der Waals surface area (Å²) in [5.74, 6) is 5.84. The molecule has 9 heteroatoms. The van der Waals surface area contributed by atoms with Crippen LogP contribution in [0.2, 0.25) is 0 Å². The van der Waals surface area contributed by atoms with Crippen molar-refractivity contribution in [1.29, 1.82) is 0 Å². The number of hydrazine groups is 1. The predicted octanol–water partition coefficient (Wildman–Crippen LogP) is 0.929. The van der Waals surface area contributed by atoms with E-state index in [1.807, 2.05) is 14.0 Å². The van der Waals surface area contributed by atoms with E-state index in [0.717, 1.165) is 11.3 Å². The van der Waals surface area contributed by atoms with Crippen molar-refractivity contribution in [2.24, 2.45) is 12.9 Å². The van der Waals surface area contributed by atoms with Crippen molar-refractivity contribution in [2.45, 2.75) is 13.5 Å². The van der Waals surface area contributed by atoms with Crippen LogP contribution in [0.5, 0.6) is 0 Å². The predicted molar refractivity (Wildman–Crippen MR) is 74.0 cm³/mol. The second kappa shape index (κ2) is 5.53. The van der Waals surface area contributed by atoms with E-state index >= 15 is 0 Å². The standard InChI is InChI=1S/C11H15N7O2/c1-7-8(6-14-17(7)2)5-13-10-3-9(18(19)20)4-11(15-10)16-12/h3-4,6H,5,12H2,1-2H3,(H2,13,15,16). The summed E-state index contributed by atoms with van der Waals surface area (Å²) < 4.78 is 1.75. The van der Waals surface area contributed by atoms with Crippen molar-refractivity contribution >= 4 is 17.3 Å². The van der Waals surface area contributed by atoms with Crippen molar-refractivity contribution in [1.82, 2.24) is 14.8 Å². The van der Waals surface area contributed by atoms with Crippen LogP contribution in [0.3, 0.4) is 0 Å². The molecule has 9 nitrogen and oxygen atoms in total. The van der Waals surface area contributed by atoms with Gasteiger partial charge in [-0.25, -0.2) is 10.8 Å². The zero-order valence-electron chi connectivity index (χ0n) is 11.1. The van der Waals surface area contributed by atoms with Gasteiger partial charge in [0.1, 0.15) is 11.6 Å². The van der Waals surface area contributed by atoms with E-state index in [2.05, 4.69) is 20.8 Å². The minimum Gasteiger partial charge on any atom is -0.366 e. The van der Waals surface area contributed by atoms with Gasteiger partial charge >= 0.3 is 0 Å². The minimum atomic E-state index is -0.497. The number of nitrogens with zero attached hydrogens (tertiary/aromatic N) is 4. The molecule has 2 aromatic rings. The number of rotatable bonds is 5. The molecular formula is C11H15N7O2. The lowest BCUT2D eigenvalue weighted by molar-refractivity contribution is -0.384. The van der Waals surface area contributed by atoms with Crippen LogP contribution >= 0.6 is 0 Å². The van der Waals surface area contributed by atoms with Gasteiger partial charge in [0.05, 0.1) is 23.3 Å². The number of aryl methyl sites for hydroxylation is 1. The summed E-state index contributed by atoms with van der Waals surface area (Å²) in [6, 6.07) is 2.62. The number of nitrogen functional groups attached to an aromatic ring is 1. The fourth-order valence-electron chi connectivity index (χ4n) is 1.69. The van der Waals surface area contributed by atoms with Crippen LogP contribution < -0.4 is 16.6 Å². The molecule has 4 N–H and O–H groups in total. The molecule has 0 radical (unpaired) electrons. The summed E-state index contributed by atoms with van der Waals surface area (Å²) in [6.45, 7) is 2.41. The van der Waals surface area contributed by atoms with Gasteiger partial charge in [0, 0.05) is 24.8 Å². The molecule has 0 amide bonds. The monoisotopic (exact) mass is 277 g/mol. The van der Waals surface area contributed by atoms with Crippen molar-refractivity contribution in [3.63, 3.8) is 0 Å². The summed E-state index contributed by atoms with van der Waals surface area (Å²) in [5, 5.41) is 18.0. The van der Waals surface area contributed by atoms with Gasteiger partial charge in [-0.2, -0.15) is 5.10 Å². The lowest BCUT2D eigenvalue weighted by Gasteiger charge is -2.07. The van der Waals surface area contributed by atoms with E-state index in [-0.39, 0.29) is 11.5 Å². The minimum absolute atomic E-state index is 0.0849. The van der Waals surface area contributed by atoms with Gasteiger partial charge in [-0.15, -0.1) is 0 Å². The number of nitrogens with two attached hydrogens (primary N) is 1. The fraction of sp³-hybridized carbons (Fsp3) is 0.273. The molecule has 2 rings (SSSR count). The summed E-state index contributed by atoms with van der Waals surface area (Å²) in [5.41, 5.74) is 4.22. The summed E-state index contributed by atoms with van der Waals surface area (Å²) in [6.07, 6.45) is 1.74. The van der Waals surface area contributed by atoms with Crippen molar-refractivity contribution in [3.8, 4) is 0 Å². The Labute approximate surface area is 114 Å². The number of anilines is 2. The molecule has 0 aliphatic rings. The van der Waals surface area contributed by atoms with Gasteiger partial charge in [-0.1, -0.05) is 0 Å². The number of hydrogen-bond donors (Lipinski definition) is 3. The summed E-state index contributed by atoms with van der Waals surface area (Å²) in [4.78, 5) is 14.4. The molecule has 2 aromatic heterocycles. The van der Waals surface area contributed by atoms with Gasteiger partial charge in [-0.3, -0.25) is 14.8 Å². The quantitative estimate of drug-likeness (QED) is 0.422. The molecule has 0 atom stereocenters. The van der Waals surface area contributed by atoms with Crippen LogP contribution in [-0.2, 0) is 13.6 Å². The number of pyridine rings is 1. The molecule has 20 heavy (non-hydrogen) atoms. The van der Waals surface area contributed by atoms with Crippen LogP contribution in [0.4, 0.5) is 17.3 Å². The maximum absolute atomic E-state index is 10.8. The first kappa shape index (κ1) is 13.7. The molecule has 0 aliphatic heterocycles. The Morgan fingerprint density at radius 1 is 1.45 bits per heavy atom. The Hall–Kier alpha value is -2.68. The van der Waals surface area contributed by atoms with E-state index in [4.69, 9.17) is 5.84 Å². The lowest BCUT2D eigenvalue weighted by Crippen LogP contribution is -2.11. The third-order valence-corrected chi connectivity index (χ3v) is 2.97. The zero-order chi connectivity index (χ0) is 14.7. The van der Waals surface area contributed by atoms with E-state index < -0.39 is 4.92 Å². The van der Waals surface area contributed by atoms with Gasteiger partial charge in [-0.05, 0) is 6.92 Å². The third kappa shape index (κ3) is 2.83. The maximum atomic E-state index is 10.8. The largest absolute Gasteiger partial charge is 0.366 e. The Kier molecular flexibility index (Phi) is 3.80. The molecule has 0 aliphatic carbocycles. The first-order chi connectivity index (χ1) is 9.51. The van der Waals surface area contributed by atoms with Crippen LogP contribution in [0.1, 0.15) is 11.3 Å². The molecule has 0 unspecified atom stereocenters. The summed E-state index contributed by atoms with van der Waals surface area (Å²) in [7, 11) is 1.85. The van der Waals surface area contributed by atoms with E-state index in [1.54, 1.807) is 10.9 Å². The van der Waals surface area contributed by atoms with Gasteiger partial charge in [0.2, 0.25) is 0 Å². The van der Waals surface area contributed by atoms with Crippen LogP contribution in [-0.4, -0.2) is 19.7 Å². The SMILES string of the molecule is Cc1c(CNc2cc([N+](=O)[O-])cc(NN)n2)cnn1C. The molecule has 0 fully saturated rings. The van der Waals surface area contributed by atoms with Gasteiger partial charge < -0.3 is 10.7 Å². The molecule has 0 aromatic carbocycles. The van der Waals surface area contributed by atoms with Crippen LogP contribution in [0.15, 0.2) is 18.3 Å². The average molecular weight is 277 g/mol. The van der Waals surface area contributed by atoms with Crippen molar-refractivity contribution in [3.05, 3.63) is 39.7 Å². The molecule has 0 saturated carbocycles. The molecule has 0 spiro atoms. The molecular weight excluding hydrogens is 262 g/mol. The average Bonchev–Trinajstić information content (AvgIpc) is 2.76. The van der Waals surface area contributed by atoms with Crippen LogP contribution in [0.25, 0.3) is 0 Å². The highest BCUT2D eigenvalue weighted by Gasteiger charge is 2.11.